The largest absolute Gasteiger partial charge is 0.389 e. The van der Waals surface area contributed by atoms with E-state index >= 15 is 0 Å². The second-order valence-electron chi connectivity index (χ2n) is 4.60. The Kier molecular flexibility index (Phi) is 4.19. The van der Waals surface area contributed by atoms with Crippen molar-refractivity contribution in [2.24, 2.45) is 5.73 Å². The minimum absolute atomic E-state index is 0.431. The van der Waals surface area contributed by atoms with Crippen LogP contribution < -0.4 is 5.73 Å². The first-order valence-electron chi connectivity index (χ1n) is 6.36. The molecular weight excluding hydrogens is 318 g/mol. The molecule has 0 saturated carbocycles. The molecule has 0 bridgehead atoms. The highest BCUT2D eigenvalue weighted by Crippen LogP contribution is 2.31. The number of rotatable bonds is 4. The van der Waals surface area contributed by atoms with Crippen LogP contribution in [0.3, 0.4) is 0 Å². The highest BCUT2D eigenvalue weighted by Gasteiger charge is 2.07. The number of benzene rings is 1. The lowest BCUT2D eigenvalue weighted by Crippen LogP contribution is -2.08. The molecule has 0 radical (unpaired) electrons. The summed E-state index contributed by atoms with van der Waals surface area (Å²) in [6.45, 7) is 2.09. The van der Waals surface area contributed by atoms with Crippen molar-refractivity contribution in [2.75, 3.05) is 0 Å². The Morgan fingerprint density at radius 2 is 2.05 bits per heavy atom. The van der Waals surface area contributed by atoms with E-state index in [-0.39, 0.29) is 0 Å². The molecule has 0 saturated heterocycles. The van der Waals surface area contributed by atoms with Crippen LogP contribution in [0.15, 0.2) is 41.7 Å². The molecule has 2 aromatic heterocycles. The average molecular weight is 331 g/mol. The smallest absolute Gasteiger partial charge is 0.128 e. The van der Waals surface area contributed by atoms with Crippen molar-refractivity contribution in [2.45, 2.75) is 17.7 Å². The molecule has 21 heavy (non-hydrogen) atoms. The van der Waals surface area contributed by atoms with Gasteiger partial charge in [-0.05, 0) is 18.6 Å². The quantitative estimate of drug-likeness (QED) is 0.446. The third kappa shape index (κ3) is 3.23. The summed E-state index contributed by atoms with van der Waals surface area (Å²) in [5.74, 6) is 0.860. The molecule has 2 heterocycles. The van der Waals surface area contributed by atoms with Gasteiger partial charge in [0.2, 0.25) is 0 Å². The van der Waals surface area contributed by atoms with E-state index < -0.39 is 0 Å². The first-order chi connectivity index (χ1) is 10.1. The van der Waals surface area contributed by atoms with Crippen LogP contribution in [0.1, 0.15) is 16.0 Å². The zero-order chi connectivity index (χ0) is 14.8. The Morgan fingerprint density at radius 1 is 1.29 bits per heavy atom. The van der Waals surface area contributed by atoms with E-state index in [1.165, 1.54) is 10.4 Å². The molecule has 0 fully saturated rings. The van der Waals surface area contributed by atoms with Crippen LogP contribution in [0.25, 0.3) is 10.2 Å². The topological polar surface area (TPSA) is 51.8 Å². The molecule has 0 aliphatic rings. The summed E-state index contributed by atoms with van der Waals surface area (Å²) in [6, 6.07) is 10.2. The van der Waals surface area contributed by atoms with Crippen molar-refractivity contribution in [1.29, 1.82) is 0 Å². The van der Waals surface area contributed by atoms with Crippen LogP contribution in [0.2, 0.25) is 0 Å². The van der Waals surface area contributed by atoms with E-state index in [0.29, 0.717) is 4.99 Å². The zero-order valence-corrected chi connectivity index (χ0v) is 13.8. The van der Waals surface area contributed by atoms with Gasteiger partial charge in [-0.15, -0.1) is 23.1 Å². The normalized spacial score (nSPS) is 10.9. The van der Waals surface area contributed by atoms with E-state index in [0.717, 1.165) is 26.6 Å². The lowest BCUT2D eigenvalue weighted by molar-refractivity contribution is 1.11. The highest BCUT2D eigenvalue weighted by molar-refractivity contribution is 7.98. The van der Waals surface area contributed by atoms with Gasteiger partial charge >= 0.3 is 0 Å². The van der Waals surface area contributed by atoms with E-state index in [4.69, 9.17) is 18.0 Å². The molecule has 2 N–H and O–H groups in total. The molecule has 3 aromatic rings. The first kappa shape index (κ1) is 14.4. The van der Waals surface area contributed by atoms with E-state index in [1.54, 1.807) is 29.4 Å². The van der Waals surface area contributed by atoms with Crippen molar-refractivity contribution in [3.63, 3.8) is 0 Å². The summed E-state index contributed by atoms with van der Waals surface area (Å²) in [4.78, 5) is 11.5. The fourth-order valence-corrected chi connectivity index (χ4v) is 3.96. The standard InChI is InChI=1S/C15H13N3S3/c1-9-6-12-14(17-8-18-15(12)21-9)20-7-10-2-4-11(5-3-10)13(16)19/h2-6,8H,7H2,1H3,(H2,16,19). The molecule has 6 heteroatoms. The van der Waals surface area contributed by atoms with Crippen molar-refractivity contribution in [3.05, 3.63) is 52.7 Å². The molecule has 106 valence electrons. The van der Waals surface area contributed by atoms with Gasteiger partial charge in [-0.1, -0.05) is 36.5 Å². The molecule has 3 nitrogen and oxygen atoms in total. The fourth-order valence-electron chi connectivity index (χ4n) is 1.99. The third-order valence-electron chi connectivity index (χ3n) is 3.03. The van der Waals surface area contributed by atoms with E-state index in [9.17, 15) is 0 Å². The first-order valence-corrected chi connectivity index (χ1v) is 8.57. The van der Waals surface area contributed by atoms with Gasteiger partial charge < -0.3 is 5.73 Å². The van der Waals surface area contributed by atoms with E-state index in [1.807, 2.05) is 12.1 Å². The maximum absolute atomic E-state index is 5.60. The molecule has 0 aliphatic carbocycles. The highest BCUT2D eigenvalue weighted by atomic mass is 32.2. The van der Waals surface area contributed by atoms with Crippen LogP contribution in [0, 0.1) is 6.92 Å². The second-order valence-corrected chi connectivity index (χ2v) is 7.24. The third-order valence-corrected chi connectivity index (χ3v) is 5.30. The number of thioether (sulfide) groups is 1. The second kappa shape index (κ2) is 6.09. The minimum atomic E-state index is 0.431. The van der Waals surface area contributed by atoms with Gasteiger partial charge in [0.1, 0.15) is 21.2 Å². The lowest BCUT2D eigenvalue weighted by atomic mass is 10.1. The summed E-state index contributed by atoms with van der Waals surface area (Å²) in [7, 11) is 0. The Bertz CT molecular complexity index is 794. The van der Waals surface area contributed by atoms with Crippen LogP contribution >= 0.6 is 35.3 Å². The Hall–Kier alpha value is -1.50. The van der Waals surface area contributed by atoms with Crippen molar-refractivity contribution in [1.82, 2.24) is 9.97 Å². The van der Waals surface area contributed by atoms with Crippen LogP contribution in [0.4, 0.5) is 0 Å². The zero-order valence-electron chi connectivity index (χ0n) is 11.4. The predicted molar refractivity (Wildman–Crippen MR) is 94.0 cm³/mol. The number of fused-ring (bicyclic) bond motifs is 1. The molecule has 0 aliphatic heterocycles. The van der Waals surface area contributed by atoms with Crippen molar-refractivity contribution < 1.29 is 0 Å². The van der Waals surface area contributed by atoms with Gasteiger partial charge in [-0.3, -0.25) is 0 Å². The van der Waals surface area contributed by atoms with Crippen LogP contribution in [-0.2, 0) is 5.75 Å². The average Bonchev–Trinajstić information content (AvgIpc) is 2.86. The van der Waals surface area contributed by atoms with Gasteiger partial charge in [-0.25, -0.2) is 9.97 Å². The molecule has 0 unspecified atom stereocenters. The molecule has 0 atom stereocenters. The van der Waals surface area contributed by atoms with Gasteiger partial charge in [0.05, 0.1) is 0 Å². The molecular formula is C15H13N3S3. The summed E-state index contributed by atoms with van der Waals surface area (Å²) < 4.78 is 0. The number of hydrogen-bond donors (Lipinski definition) is 1. The van der Waals surface area contributed by atoms with Crippen LogP contribution in [-0.4, -0.2) is 15.0 Å². The summed E-state index contributed by atoms with van der Waals surface area (Å²) in [5, 5.41) is 2.17. The molecule has 3 rings (SSSR count). The summed E-state index contributed by atoms with van der Waals surface area (Å²) in [6.07, 6.45) is 1.64. The number of nitrogens with zero attached hydrogens (tertiary/aromatic N) is 2. The SMILES string of the molecule is Cc1cc2c(SCc3ccc(C(N)=S)cc3)ncnc2s1. The fraction of sp³-hybridized carbons (Fsp3) is 0.133. The molecule has 0 amide bonds. The maximum atomic E-state index is 5.60. The van der Waals surface area contributed by atoms with Crippen molar-refractivity contribution >= 4 is 50.5 Å². The molecule has 1 aromatic carbocycles. The number of aryl methyl sites for hydroxylation is 1. The Morgan fingerprint density at radius 3 is 2.76 bits per heavy atom. The van der Waals surface area contributed by atoms with Crippen molar-refractivity contribution in [3.8, 4) is 0 Å². The monoisotopic (exact) mass is 331 g/mol. The number of nitrogens with two attached hydrogens (primary N) is 1. The van der Waals surface area contributed by atoms with E-state index in [2.05, 4.69) is 35.1 Å². The predicted octanol–water partition coefficient (Wildman–Crippen LogP) is 3.93. The molecule has 0 spiro atoms. The Balaban J connectivity index is 1.78. The number of thiophene rings is 1. The summed E-state index contributed by atoms with van der Waals surface area (Å²) >= 11 is 8.38. The van der Waals surface area contributed by atoms with Gasteiger partial charge in [0.15, 0.2) is 0 Å². The number of hydrogen-bond acceptors (Lipinski definition) is 5. The van der Waals surface area contributed by atoms with Crippen LogP contribution in [0.5, 0.6) is 0 Å². The number of thiocarbonyl (C=S) groups is 1. The van der Waals surface area contributed by atoms with Gasteiger partial charge in [-0.2, -0.15) is 0 Å². The number of aromatic nitrogens is 2. The maximum Gasteiger partial charge on any atom is 0.128 e. The minimum Gasteiger partial charge on any atom is -0.389 e. The van der Waals surface area contributed by atoms with Gasteiger partial charge in [0, 0.05) is 21.6 Å². The van der Waals surface area contributed by atoms with Gasteiger partial charge in [0.25, 0.3) is 0 Å². The lowest BCUT2D eigenvalue weighted by Gasteiger charge is -2.04. The summed E-state index contributed by atoms with van der Waals surface area (Å²) in [5.41, 5.74) is 7.72. The Labute approximate surface area is 136 Å².